The van der Waals surface area contributed by atoms with E-state index in [-0.39, 0.29) is 28.8 Å². The first-order chi connectivity index (χ1) is 30.0. The molecule has 2 saturated carbocycles. The van der Waals surface area contributed by atoms with Crippen LogP contribution in [0.15, 0.2) is 97.1 Å². The van der Waals surface area contributed by atoms with Gasteiger partial charge >= 0.3 is 10.2 Å². The van der Waals surface area contributed by atoms with Crippen LogP contribution in [0.3, 0.4) is 0 Å². The molecule has 3 saturated heterocycles. The number of nitrogens with zero attached hydrogens (tertiary/aromatic N) is 5. The quantitative estimate of drug-likeness (QED) is 0.162. The lowest BCUT2D eigenvalue weighted by Gasteiger charge is -2.56. The summed E-state index contributed by atoms with van der Waals surface area (Å²) in [6, 6.07) is 34.1. The number of rotatable bonds is 10. The molecule has 11 rings (SSSR count). The Labute approximate surface area is 364 Å². The SMILES string of the molecule is COc1ccc2c(c1)C1CC1(C(=O)N1CC3N(Cc4ccccc4)C4CN(Cc5ccccc5)CC43C1)Cn1c-2c(C2CCCCC2)c2ccc(C(=O)NS(=O)(=O)N(C)C)cc21. The molecule has 5 atom stereocenters. The van der Waals surface area contributed by atoms with E-state index in [4.69, 9.17) is 4.74 Å². The van der Waals surface area contributed by atoms with Gasteiger partial charge in [-0.3, -0.25) is 19.4 Å². The predicted octanol–water partition coefficient (Wildman–Crippen LogP) is 6.99. The Morgan fingerprint density at radius 1 is 0.823 bits per heavy atom. The van der Waals surface area contributed by atoms with Crippen molar-refractivity contribution in [1.82, 2.24) is 28.3 Å². The second-order valence-corrected chi connectivity index (χ2v) is 21.1. The van der Waals surface area contributed by atoms with E-state index in [0.29, 0.717) is 25.0 Å². The van der Waals surface area contributed by atoms with E-state index in [1.165, 1.54) is 37.2 Å². The molecule has 5 unspecified atom stereocenters. The Morgan fingerprint density at radius 2 is 1.53 bits per heavy atom. The molecule has 4 aromatic carbocycles. The number of amides is 2. The fraction of sp³-hybridized carbons (Fsp3) is 0.440. The number of likely N-dealkylation sites (tertiary alicyclic amines) is 3. The predicted molar refractivity (Wildman–Crippen MR) is 240 cm³/mol. The van der Waals surface area contributed by atoms with Crippen molar-refractivity contribution in [1.29, 1.82) is 0 Å². The van der Waals surface area contributed by atoms with Gasteiger partial charge in [0.25, 0.3) is 5.91 Å². The maximum absolute atomic E-state index is 15.8. The Hall–Kier alpha value is -5.01. The molecular formula is C50H56N6O5S. The first-order valence-electron chi connectivity index (χ1n) is 22.4. The van der Waals surface area contributed by atoms with Gasteiger partial charge in [0.2, 0.25) is 5.91 Å². The average molecular weight is 853 g/mol. The molecule has 6 aliphatic rings. The van der Waals surface area contributed by atoms with Crippen molar-refractivity contribution < 1.29 is 22.7 Å². The van der Waals surface area contributed by atoms with E-state index in [2.05, 4.69) is 96.8 Å². The summed E-state index contributed by atoms with van der Waals surface area (Å²) in [4.78, 5) is 37.0. The molecule has 12 heteroatoms. The van der Waals surface area contributed by atoms with E-state index in [9.17, 15) is 13.2 Å². The number of fused-ring (bicyclic) bond motifs is 7. The highest BCUT2D eigenvalue weighted by atomic mass is 32.2. The van der Waals surface area contributed by atoms with Crippen LogP contribution in [0.2, 0.25) is 0 Å². The van der Waals surface area contributed by atoms with Crippen molar-refractivity contribution in [2.24, 2.45) is 10.8 Å². The molecule has 1 aromatic heterocycles. The van der Waals surface area contributed by atoms with Crippen molar-refractivity contribution in [3.63, 3.8) is 0 Å². The van der Waals surface area contributed by atoms with Gasteiger partial charge < -0.3 is 14.2 Å². The fourth-order valence-electron chi connectivity index (χ4n) is 12.6. The van der Waals surface area contributed by atoms with Crippen LogP contribution in [0.4, 0.5) is 0 Å². The number of hydrogen-bond acceptors (Lipinski definition) is 7. The number of nitrogens with one attached hydrogen (secondary N) is 1. The smallest absolute Gasteiger partial charge is 0.303 e. The normalized spacial score (nSPS) is 26.8. The van der Waals surface area contributed by atoms with Crippen LogP contribution in [0, 0.1) is 10.8 Å². The van der Waals surface area contributed by atoms with Crippen LogP contribution in [0.25, 0.3) is 22.2 Å². The van der Waals surface area contributed by atoms with Crippen LogP contribution in [0.1, 0.15) is 83.0 Å². The van der Waals surface area contributed by atoms with Crippen molar-refractivity contribution in [2.75, 3.05) is 47.4 Å². The van der Waals surface area contributed by atoms with Crippen molar-refractivity contribution >= 4 is 32.9 Å². The largest absolute Gasteiger partial charge is 0.497 e. The lowest BCUT2D eigenvalue weighted by molar-refractivity contribution is -0.137. The Morgan fingerprint density at radius 3 is 2.24 bits per heavy atom. The zero-order valence-corrected chi connectivity index (χ0v) is 36.7. The van der Waals surface area contributed by atoms with E-state index >= 15 is 4.79 Å². The molecule has 0 radical (unpaired) electrons. The van der Waals surface area contributed by atoms with E-state index in [1.54, 1.807) is 13.2 Å². The van der Waals surface area contributed by atoms with Crippen LogP contribution in [-0.4, -0.2) is 103 Å². The van der Waals surface area contributed by atoms with Crippen LogP contribution < -0.4 is 9.46 Å². The lowest BCUT2D eigenvalue weighted by Crippen LogP contribution is -2.70. The molecule has 5 heterocycles. The average Bonchev–Trinajstić information content (AvgIpc) is 3.69. The van der Waals surface area contributed by atoms with Gasteiger partial charge in [0.15, 0.2) is 0 Å². The summed E-state index contributed by atoms with van der Waals surface area (Å²) in [5.41, 5.74) is 7.77. The van der Waals surface area contributed by atoms with Crippen LogP contribution in [-0.2, 0) is 34.6 Å². The Bertz CT molecular complexity index is 2700. The summed E-state index contributed by atoms with van der Waals surface area (Å²) in [7, 11) is 0.498. The highest BCUT2D eigenvalue weighted by Gasteiger charge is 2.71. The number of carbonyl (C=O) groups excluding carboxylic acids is 2. The molecule has 1 N–H and O–H groups in total. The maximum Gasteiger partial charge on any atom is 0.303 e. The van der Waals surface area contributed by atoms with Gasteiger partial charge in [-0.15, -0.1) is 0 Å². The maximum atomic E-state index is 15.8. The number of hydrogen-bond donors (Lipinski definition) is 1. The van der Waals surface area contributed by atoms with E-state index in [1.807, 2.05) is 18.2 Å². The zero-order chi connectivity index (χ0) is 42.5. The van der Waals surface area contributed by atoms with Crippen molar-refractivity contribution in [3.05, 3.63) is 125 Å². The fourth-order valence-corrected chi connectivity index (χ4v) is 13.1. The number of carbonyl (C=O) groups is 2. The third kappa shape index (κ3) is 6.26. The summed E-state index contributed by atoms with van der Waals surface area (Å²) in [5, 5.41) is 1.07. The van der Waals surface area contributed by atoms with Crippen molar-refractivity contribution in [2.45, 2.75) is 82.1 Å². The minimum absolute atomic E-state index is 0.000714. The molecular weight excluding hydrogens is 797 g/mol. The summed E-state index contributed by atoms with van der Waals surface area (Å²) in [6.45, 7) is 5.65. The molecule has 2 amide bonds. The number of ether oxygens (including phenoxy) is 1. The lowest BCUT2D eigenvalue weighted by atomic mass is 9.68. The summed E-state index contributed by atoms with van der Waals surface area (Å²) >= 11 is 0. The second-order valence-electron chi connectivity index (χ2n) is 19.3. The first kappa shape index (κ1) is 39.8. The first-order valence-corrected chi connectivity index (χ1v) is 23.9. The van der Waals surface area contributed by atoms with Gasteiger partial charge in [0.1, 0.15) is 5.75 Å². The zero-order valence-electron chi connectivity index (χ0n) is 35.9. The highest BCUT2D eigenvalue weighted by Crippen LogP contribution is 2.67. The standard InChI is InChI=1S/C50H56N6O5S/c1-52(2)62(59,60)51-47(57)36-19-21-39-42(23-36)56-32-49(25-41(49)40-24-37(61-3)20-22-38(40)46(56)45(39)35-17-11-6-12-18-35)48(58)54-29-44-50(31-54)30-53(26-33-13-7-4-8-14-33)28-43(50)55(44)27-34-15-9-5-10-16-34/h4-5,7-10,13-16,19-24,35,41,43-44H,6,11-12,17-18,25-32H2,1-3H3,(H,51,57). The monoisotopic (exact) mass is 852 g/mol. The minimum atomic E-state index is -4.01. The number of methoxy groups -OCH3 is 1. The van der Waals surface area contributed by atoms with Gasteiger partial charge in [-0.1, -0.05) is 86.0 Å². The van der Waals surface area contributed by atoms with Gasteiger partial charge in [-0.05, 0) is 77.8 Å². The van der Waals surface area contributed by atoms with Gasteiger partial charge in [0, 0.05) is 105 Å². The van der Waals surface area contributed by atoms with Crippen molar-refractivity contribution in [3.8, 4) is 17.0 Å². The third-order valence-electron chi connectivity index (χ3n) is 15.6. The molecule has 1 spiro atoms. The minimum Gasteiger partial charge on any atom is -0.497 e. The van der Waals surface area contributed by atoms with Gasteiger partial charge in [0.05, 0.1) is 18.2 Å². The molecule has 0 bridgehead atoms. The summed E-state index contributed by atoms with van der Waals surface area (Å²) in [6.07, 6.45) is 6.42. The molecule has 5 aromatic rings. The molecule has 11 nitrogen and oxygen atoms in total. The second kappa shape index (κ2) is 14.8. The molecule has 2 aliphatic carbocycles. The number of benzene rings is 4. The topological polar surface area (TPSA) is 107 Å². The van der Waals surface area contributed by atoms with E-state index < -0.39 is 21.5 Å². The van der Waals surface area contributed by atoms with E-state index in [0.717, 1.165) is 103 Å². The number of aromatic nitrogens is 1. The van der Waals surface area contributed by atoms with Crippen LogP contribution in [0.5, 0.6) is 5.75 Å². The molecule has 5 fully saturated rings. The highest BCUT2D eigenvalue weighted by molar-refractivity contribution is 7.87. The molecule has 4 aliphatic heterocycles. The Kier molecular flexibility index (Phi) is 9.50. The summed E-state index contributed by atoms with van der Waals surface area (Å²) < 4.78 is 37.1. The molecule has 62 heavy (non-hydrogen) atoms. The molecule has 322 valence electrons. The van der Waals surface area contributed by atoms with Gasteiger partial charge in [-0.2, -0.15) is 12.7 Å². The summed E-state index contributed by atoms with van der Waals surface area (Å²) in [5.74, 6) is 0.664. The van der Waals surface area contributed by atoms with Gasteiger partial charge in [-0.25, -0.2) is 4.72 Å². The third-order valence-corrected chi connectivity index (χ3v) is 17.0. The van der Waals surface area contributed by atoms with Crippen LogP contribution >= 0.6 is 0 Å². The Balaban J connectivity index is 0.994.